The highest BCUT2D eigenvalue weighted by atomic mass is 16.5. The Hall–Kier alpha value is -2.76. The first-order valence-electron chi connectivity index (χ1n) is 10.3. The van der Waals surface area contributed by atoms with Gasteiger partial charge < -0.3 is 19.9 Å². The van der Waals surface area contributed by atoms with Crippen LogP contribution in [0.2, 0.25) is 0 Å². The topological polar surface area (TPSA) is 57.7 Å². The van der Waals surface area contributed by atoms with Crippen LogP contribution >= 0.6 is 0 Å². The third-order valence-electron chi connectivity index (χ3n) is 5.43. The summed E-state index contributed by atoms with van der Waals surface area (Å²) in [6.07, 6.45) is 1.11. The fraction of sp³-hybridized carbons (Fsp3) is 0.478. The number of hydrogen-bond acceptors (Lipinski definition) is 5. The number of ether oxygens (including phenoxy) is 1. The molecule has 1 saturated heterocycles. The molecule has 3 rings (SSSR count). The van der Waals surface area contributed by atoms with E-state index in [1.807, 2.05) is 31.2 Å². The molecule has 29 heavy (non-hydrogen) atoms. The Morgan fingerprint density at radius 1 is 1.21 bits per heavy atom. The number of hydrogen-bond donors (Lipinski definition) is 1. The summed E-state index contributed by atoms with van der Waals surface area (Å²) >= 11 is 0. The van der Waals surface area contributed by atoms with Gasteiger partial charge in [0.25, 0.3) is 0 Å². The number of carbonyl (C=O) groups excluding carboxylic acids is 1. The molecule has 1 aromatic carbocycles. The molecule has 6 heteroatoms. The molecule has 6 nitrogen and oxygen atoms in total. The van der Waals surface area contributed by atoms with Crippen molar-refractivity contribution in [2.75, 3.05) is 29.9 Å². The Kier molecular flexibility index (Phi) is 6.62. The predicted molar refractivity (Wildman–Crippen MR) is 118 cm³/mol. The van der Waals surface area contributed by atoms with Gasteiger partial charge in [-0.1, -0.05) is 18.2 Å². The van der Waals surface area contributed by atoms with Crippen molar-refractivity contribution < 1.29 is 9.53 Å². The second kappa shape index (κ2) is 9.16. The minimum atomic E-state index is -0.0267. The average molecular weight is 397 g/mol. The van der Waals surface area contributed by atoms with Crippen LogP contribution in [0.1, 0.15) is 45.7 Å². The molecule has 2 unspecified atom stereocenters. The van der Waals surface area contributed by atoms with E-state index in [-0.39, 0.29) is 18.1 Å². The van der Waals surface area contributed by atoms with Crippen LogP contribution < -0.4 is 19.9 Å². The van der Waals surface area contributed by atoms with E-state index in [1.54, 1.807) is 0 Å². The molecule has 0 aliphatic carbocycles. The Balaban J connectivity index is 1.59. The van der Waals surface area contributed by atoms with Gasteiger partial charge >= 0.3 is 0 Å². The fourth-order valence-electron chi connectivity index (χ4n) is 3.50. The van der Waals surface area contributed by atoms with Crippen molar-refractivity contribution in [3.63, 3.8) is 0 Å². The second-order valence-corrected chi connectivity index (χ2v) is 8.02. The SMILES string of the molecule is CC(=O)NC(C)c1ccc(OC2CCN(c3cccc(N(C)C(C)C)n3)C2)cc1. The summed E-state index contributed by atoms with van der Waals surface area (Å²) in [6.45, 7) is 9.60. The first-order chi connectivity index (χ1) is 13.8. The monoisotopic (exact) mass is 396 g/mol. The molecule has 1 aromatic heterocycles. The molecule has 2 aromatic rings. The lowest BCUT2D eigenvalue weighted by Gasteiger charge is -2.25. The molecular weight excluding hydrogens is 364 g/mol. The van der Waals surface area contributed by atoms with E-state index in [0.29, 0.717) is 6.04 Å². The van der Waals surface area contributed by atoms with E-state index in [0.717, 1.165) is 42.5 Å². The van der Waals surface area contributed by atoms with Crippen LogP contribution in [0.15, 0.2) is 42.5 Å². The molecule has 156 valence electrons. The first kappa shape index (κ1) is 21.0. The Morgan fingerprint density at radius 3 is 2.59 bits per heavy atom. The van der Waals surface area contributed by atoms with Crippen molar-refractivity contribution in [1.29, 1.82) is 0 Å². The lowest BCUT2D eigenvalue weighted by molar-refractivity contribution is -0.119. The quantitative estimate of drug-likeness (QED) is 0.772. The normalized spacial score (nSPS) is 17.3. The van der Waals surface area contributed by atoms with Crippen molar-refractivity contribution in [3.8, 4) is 5.75 Å². The largest absolute Gasteiger partial charge is 0.489 e. The molecule has 1 fully saturated rings. The summed E-state index contributed by atoms with van der Waals surface area (Å²) in [5.74, 6) is 2.82. The standard InChI is InChI=1S/C23H32N4O2/c1-16(2)26(5)22-7-6-8-23(25-22)27-14-13-21(15-27)29-20-11-9-19(10-12-20)17(3)24-18(4)28/h6-12,16-17,21H,13-15H2,1-5H3,(H,24,28). The lowest BCUT2D eigenvalue weighted by atomic mass is 10.1. The van der Waals surface area contributed by atoms with Gasteiger partial charge in [0.15, 0.2) is 0 Å². The van der Waals surface area contributed by atoms with Crippen LogP contribution in [0.25, 0.3) is 0 Å². The molecule has 2 atom stereocenters. The van der Waals surface area contributed by atoms with Crippen molar-refractivity contribution in [3.05, 3.63) is 48.0 Å². The zero-order valence-electron chi connectivity index (χ0n) is 18.1. The van der Waals surface area contributed by atoms with Crippen molar-refractivity contribution in [1.82, 2.24) is 10.3 Å². The maximum Gasteiger partial charge on any atom is 0.217 e. The first-order valence-corrected chi connectivity index (χ1v) is 10.3. The lowest BCUT2D eigenvalue weighted by Crippen LogP contribution is -2.28. The van der Waals surface area contributed by atoms with Gasteiger partial charge in [-0.15, -0.1) is 0 Å². The third-order valence-corrected chi connectivity index (χ3v) is 5.43. The van der Waals surface area contributed by atoms with Crippen LogP contribution in [0.4, 0.5) is 11.6 Å². The molecule has 0 spiro atoms. The van der Waals surface area contributed by atoms with E-state index >= 15 is 0 Å². The van der Waals surface area contributed by atoms with Gasteiger partial charge in [0.05, 0.1) is 12.6 Å². The van der Waals surface area contributed by atoms with Gasteiger partial charge in [0, 0.05) is 33.0 Å². The molecule has 0 bridgehead atoms. The Bertz CT molecular complexity index is 822. The van der Waals surface area contributed by atoms with Crippen LogP contribution in [-0.2, 0) is 4.79 Å². The highest BCUT2D eigenvalue weighted by Gasteiger charge is 2.25. The van der Waals surface area contributed by atoms with Crippen LogP contribution in [0.5, 0.6) is 5.75 Å². The minimum Gasteiger partial charge on any atom is -0.489 e. The van der Waals surface area contributed by atoms with E-state index in [2.05, 4.69) is 54.2 Å². The molecule has 1 aliphatic heterocycles. The highest BCUT2D eigenvalue weighted by molar-refractivity contribution is 5.73. The van der Waals surface area contributed by atoms with E-state index in [9.17, 15) is 4.79 Å². The fourth-order valence-corrected chi connectivity index (χ4v) is 3.50. The van der Waals surface area contributed by atoms with Crippen LogP contribution in [0, 0.1) is 0 Å². The highest BCUT2D eigenvalue weighted by Crippen LogP contribution is 2.25. The van der Waals surface area contributed by atoms with Crippen LogP contribution in [-0.4, -0.2) is 43.2 Å². The summed E-state index contributed by atoms with van der Waals surface area (Å²) in [7, 11) is 2.07. The number of aromatic nitrogens is 1. The maximum atomic E-state index is 11.2. The number of anilines is 2. The molecule has 2 heterocycles. The molecule has 1 N–H and O–H groups in total. The molecular formula is C23H32N4O2. The van der Waals surface area contributed by atoms with Gasteiger partial charge in [-0.2, -0.15) is 0 Å². The van der Waals surface area contributed by atoms with Gasteiger partial charge in [0.2, 0.25) is 5.91 Å². The van der Waals surface area contributed by atoms with Gasteiger partial charge in [-0.25, -0.2) is 4.98 Å². The maximum absolute atomic E-state index is 11.2. The summed E-state index contributed by atoms with van der Waals surface area (Å²) in [6, 6.07) is 14.6. The van der Waals surface area contributed by atoms with Gasteiger partial charge in [-0.3, -0.25) is 4.79 Å². The molecule has 1 aliphatic rings. The number of nitrogens with zero attached hydrogens (tertiary/aromatic N) is 3. The number of nitrogens with one attached hydrogen (secondary N) is 1. The second-order valence-electron chi connectivity index (χ2n) is 8.02. The van der Waals surface area contributed by atoms with E-state index < -0.39 is 0 Å². The Morgan fingerprint density at radius 2 is 1.93 bits per heavy atom. The molecule has 1 amide bonds. The van der Waals surface area contributed by atoms with Crippen molar-refractivity contribution in [2.45, 2.75) is 52.3 Å². The zero-order valence-corrected chi connectivity index (χ0v) is 18.1. The van der Waals surface area contributed by atoms with E-state index in [1.165, 1.54) is 6.92 Å². The number of carbonyl (C=O) groups is 1. The number of rotatable bonds is 7. The predicted octanol–water partition coefficient (Wildman–Crippen LogP) is 3.78. The number of amides is 1. The zero-order chi connectivity index (χ0) is 21.0. The van der Waals surface area contributed by atoms with Gasteiger partial charge in [0.1, 0.15) is 23.5 Å². The smallest absolute Gasteiger partial charge is 0.217 e. The van der Waals surface area contributed by atoms with E-state index in [4.69, 9.17) is 9.72 Å². The van der Waals surface area contributed by atoms with Gasteiger partial charge in [-0.05, 0) is 50.6 Å². The summed E-state index contributed by atoms with van der Waals surface area (Å²) in [4.78, 5) is 20.5. The summed E-state index contributed by atoms with van der Waals surface area (Å²) < 4.78 is 6.19. The average Bonchev–Trinajstić information content (AvgIpc) is 3.16. The molecule has 0 saturated carbocycles. The summed E-state index contributed by atoms with van der Waals surface area (Å²) in [5.41, 5.74) is 1.07. The van der Waals surface area contributed by atoms with Crippen molar-refractivity contribution in [2.24, 2.45) is 0 Å². The van der Waals surface area contributed by atoms with Crippen molar-refractivity contribution >= 4 is 17.5 Å². The molecule has 0 radical (unpaired) electrons. The third kappa shape index (κ3) is 5.40. The number of benzene rings is 1. The summed E-state index contributed by atoms with van der Waals surface area (Å²) in [5, 5.41) is 2.90. The number of pyridine rings is 1. The Labute approximate surface area is 173 Å². The minimum absolute atomic E-state index is 0.00848. The van der Waals surface area contributed by atoms with Crippen LogP contribution in [0.3, 0.4) is 0 Å².